The maximum Gasteiger partial charge on any atom is 0.186 e. The molecule has 1 spiro atoms. The van der Waals surface area contributed by atoms with Crippen LogP contribution >= 0.6 is 0 Å². The number of rotatable bonds is 3. The van der Waals surface area contributed by atoms with Gasteiger partial charge in [0.2, 0.25) is 0 Å². The smallest absolute Gasteiger partial charge is 0.186 e. The second-order valence-electron chi connectivity index (χ2n) is 15.5. The third-order valence-corrected chi connectivity index (χ3v) is 13.5. The number of aliphatic hydroxyl groups is 4. The van der Waals surface area contributed by atoms with Gasteiger partial charge in [-0.05, 0) is 91.8 Å². The zero-order valence-corrected chi connectivity index (χ0v) is 25.3. The van der Waals surface area contributed by atoms with Crippen LogP contribution in [-0.4, -0.2) is 82.3 Å². The Labute approximate surface area is 244 Å². The zero-order valence-electron chi connectivity index (χ0n) is 25.3. The van der Waals surface area contributed by atoms with E-state index in [4.69, 9.17) is 18.9 Å². The molecule has 4 N–H and O–H groups in total. The van der Waals surface area contributed by atoms with E-state index in [0.717, 1.165) is 45.1 Å². The van der Waals surface area contributed by atoms with Crippen LogP contribution in [0.15, 0.2) is 11.6 Å². The zero-order chi connectivity index (χ0) is 28.9. The quantitative estimate of drug-likeness (QED) is 0.377. The van der Waals surface area contributed by atoms with Gasteiger partial charge in [-0.1, -0.05) is 39.3 Å². The standard InChI is InChI=1S/C33H52O8/c1-17-7-12-33(38-16-17)18(2)26-24(41-33)14-23-21-6-5-19-13-20(8-10-31(19,3)22(21)9-11-32(23,26)4)39-30-29(37)28(36)27(35)25(15-34)40-30/h5,17-18,20-30,34-37H,6-16H2,1-4H3/t17?,18-,20-,21?,22?,23?,24?,25?,26?,27?,28?,29?,30?,31-,32-,33+/m0/s1. The van der Waals surface area contributed by atoms with Crippen molar-refractivity contribution in [3.05, 3.63) is 11.6 Å². The van der Waals surface area contributed by atoms with Crippen molar-refractivity contribution in [3.8, 4) is 0 Å². The van der Waals surface area contributed by atoms with E-state index < -0.39 is 37.3 Å². The van der Waals surface area contributed by atoms with Crippen LogP contribution in [0.2, 0.25) is 0 Å². The summed E-state index contributed by atoms with van der Waals surface area (Å²) in [4.78, 5) is 0. The Balaban J connectivity index is 1.05. The van der Waals surface area contributed by atoms with Crippen molar-refractivity contribution in [1.82, 2.24) is 0 Å². The van der Waals surface area contributed by atoms with Crippen LogP contribution in [-0.2, 0) is 18.9 Å². The number of hydrogen-bond acceptors (Lipinski definition) is 8. The maximum atomic E-state index is 10.5. The average molecular weight is 577 g/mol. The molecule has 6 fully saturated rings. The van der Waals surface area contributed by atoms with E-state index in [1.165, 1.54) is 24.8 Å². The summed E-state index contributed by atoms with van der Waals surface area (Å²) in [5.74, 6) is 3.28. The van der Waals surface area contributed by atoms with Gasteiger partial charge in [0.25, 0.3) is 0 Å². The minimum atomic E-state index is -1.41. The molecular formula is C33H52O8. The molecule has 7 aliphatic rings. The van der Waals surface area contributed by atoms with Crippen molar-refractivity contribution in [1.29, 1.82) is 0 Å². The van der Waals surface area contributed by atoms with E-state index in [0.29, 0.717) is 47.0 Å². The summed E-state index contributed by atoms with van der Waals surface area (Å²) < 4.78 is 25.3. The highest BCUT2D eigenvalue weighted by Crippen LogP contribution is 2.70. The Morgan fingerprint density at radius 3 is 2.51 bits per heavy atom. The van der Waals surface area contributed by atoms with Crippen molar-refractivity contribution < 1.29 is 39.4 Å². The molecule has 7 rings (SSSR count). The SMILES string of the molecule is CC1CC[C@@]2(OC1)OC1CC3C4CC=C5C[C@@H](OC6OC(CO)C(O)C(O)C6O)CC[C@]5(C)C4CC[C@]3(C)C1[C@@H]2C. The molecule has 0 bridgehead atoms. The molecule has 0 aromatic heterocycles. The Morgan fingerprint density at radius 2 is 1.78 bits per heavy atom. The molecule has 0 radical (unpaired) electrons. The van der Waals surface area contributed by atoms with E-state index in [1.54, 1.807) is 0 Å². The first kappa shape index (κ1) is 29.1. The average Bonchev–Trinajstić information content (AvgIpc) is 3.40. The summed E-state index contributed by atoms with van der Waals surface area (Å²) in [5.41, 5.74) is 1.91. The monoisotopic (exact) mass is 576 g/mol. The van der Waals surface area contributed by atoms with E-state index in [9.17, 15) is 20.4 Å². The predicted octanol–water partition coefficient (Wildman–Crippen LogP) is 3.54. The number of fused-ring (bicyclic) bond motifs is 7. The Bertz CT molecular complexity index is 1020. The van der Waals surface area contributed by atoms with Crippen molar-refractivity contribution >= 4 is 0 Å². The van der Waals surface area contributed by atoms with Gasteiger partial charge in [-0.25, -0.2) is 0 Å². The van der Waals surface area contributed by atoms with E-state index >= 15 is 0 Å². The highest BCUT2D eigenvalue weighted by atomic mass is 16.7. The minimum Gasteiger partial charge on any atom is -0.394 e. The molecule has 16 atom stereocenters. The van der Waals surface area contributed by atoms with Gasteiger partial charge >= 0.3 is 0 Å². The second-order valence-corrected chi connectivity index (χ2v) is 15.5. The number of allylic oxidation sites excluding steroid dienone is 1. The first-order valence-corrected chi connectivity index (χ1v) is 16.5. The molecule has 0 aromatic rings. The van der Waals surface area contributed by atoms with Gasteiger partial charge in [0.05, 0.1) is 25.4 Å². The van der Waals surface area contributed by atoms with Gasteiger partial charge in [-0.3, -0.25) is 0 Å². The summed E-state index contributed by atoms with van der Waals surface area (Å²) >= 11 is 0. The lowest BCUT2D eigenvalue weighted by molar-refractivity contribution is -0.313. The van der Waals surface area contributed by atoms with Gasteiger partial charge in [0.15, 0.2) is 12.1 Å². The summed E-state index contributed by atoms with van der Waals surface area (Å²) in [6, 6.07) is 0. The minimum absolute atomic E-state index is 0.129. The maximum absolute atomic E-state index is 10.5. The van der Waals surface area contributed by atoms with Gasteiger partial charge in [0, 0.05) is 12.3 Å². The number of ether oxygens (including phenoxy) is 4. The molecule has 4 aliphatic carbocycles. The van der Waals surface area contributed by atoms with Crippen LogP contribution < -0.4 is 0 Å². The van der Waals surface area contributed by atoms with Crippen molar-refractivity contribution in [2.45, 2.75) is 134 Å². The van der Waals surface area contributed by atoms with Crippen LogP contribution in [0.1, 0.15) is 85.5 Å². The van der Waals surface area contributed by atoms with Crippen molar-refractivity contribution in [3.63, 3.8) is 0 Å². The van der Waals surface area contributed by atoms with E-state index in [2.05, 4.69) is 33.8 Å². The Morgan fingerprint density at radius 1 is 0.976 bits per heavy atom. The van der Waals surface area contributed by atoms with Gasteiger partial charge in [-0.15, -0.1) is 0 Å². The molecule has 8 heteroatoms. The first-order valence-electron chi connectivity index (χ1n) is 16.5. The normalized spacial score (nSPS) is 58.3. The fourth-order valence-electron chi connectivity index (χ4n) is 11.1. The molecule has 0 amide bonds. The molecule has 8 nitrogen and oxygen atoms in total. The molecule has 3 heterocycles. The Hall–Kier alpha value is -0.580. The fraction of sp³-hybridized carbons (Fsp3) is 0.939. The third kappa shape index (κ3) is 4.29. The predicted molar refractivity (Wildman–Crippen MR) is 150 cm³/mol. The molecule has 0 aromatic carbocycles. The number of hydrogen-bond donors (Lipinski definition) is 4. The largest absolute Gasteiger partial charge is 0.394 e. The molecule has 11 unspecified atom stereocenters. The first-order chi connectivity index (χ1) is 19.5. The van der Waals surface area contributed by atoms with Crippen LogP contribution in [0.4, 0.5) is 0 Å². The topological polar surface area (TPSA) is 118 Å². The van der Waals surface area contributed by atoms with E-state index in [1.807, 2.05) is 0 Å². The fourth-order valence-corrected chi connectivity index (χ4v) is 11.1. The van der Waals surface area contributed by atoms with Gasteiger partial charge in [-0.2, -0.15) is 0 Å². The van der Waals surface area contributed by atoms with Crippen LogP contribution in [0, 0.1) is 46.3 Å². The lowest BCUT2D eigenvalue weighted by Gasteiger charge is -2.58. The van der Waals surface area contributed by atoms with Crippen LogP contribution in [0.3, 0.4) is 0 Å². The highest BCUT2D eigenvalue weighted by Gasteiger charge is 2.68. The lowest BCUT2D eigenvalue weighted by atomic mass is 9.47. The summed E-state index contributed by atoms with van der Waals surface area (Å²) in [6.45, 7) is 10.1. The molecule has 41 heavy (non-hydrogen) atoms. The van der Waals surface area contributed by atoms with Gasteiger partial charge < -0.3 is 39.4 Å². The Kier molecular flexibility index (Phi) is 7.27. The molecular weight excluding hydrogens is 524 g/mol. The van der Waals surface area contributed by atoms with Crippen molar-refractivity contribution in [2.75, 3.05) is 13.2 Å². The summed E-state index contributed by atoms with van der Waals surface area (Å²) in [5, 5.41) is 40.4. The summed E-state index contributed by atoms with van der Waals surface area (Å²) in [6.07, 6.45) is 6.24. The van der Waals surface area contributed by atoms with E-state index in [-0.39, 0.29) is 17.3 Å². The second kappa shape index (κ2) is 10.2. The van der Waals surface area contributed by atoms with Crippen LogP contribution in [0.25, 0.3) is 0 Å². The molecule has 232 valence electrons. The molecule has 3 saturated carbocycles. The molecule has 3 aliphatic heterocycles. The van der Waals surface area contributed by atoms with Gasteiger partial charge in [0.1, 0.15) is 24.4 Å². The van der Waals surface area contributed by atoms with Crippen LogP contribution in [0.5, 0.6) is 0 Å². The highest BCUT2D eigenvalue weighted by molar-refractivity contribution is 5.26. The summed E-state index contributed by atoms with van der Waals surface area (Å²) in [7, 11) is 0. The van der Waals surface area contributed by atoms with Crippen molar-refractivity contribution in [2.24, 2.45) is 46.3 Å². The molecule has 3 saturated heterocycles. The third-order valence-electron chi connectivity index (χ3n) is 13.5. The lowest BCUT2D eigenvalue weighted by Crippen LogP contribution is -2.60. The number of aliphatic hydroxyl groups excluding tert-OH is 4.